The molecule has 130 valence electrons. The fraction of sp³-hybridized carbons (Fsp3) is 0.263. The average Bonchev–Trinajstić information content (AvgIpc) is 3.22. The number of fused-ring (bicyclic) bond motifs is 1. The van der Waals surface area contributed by atoms with Crippen LogP contribution in [-0.2, 0) is 13.0 Å². The van der Waals surface area contributed by atoms with Gasteiger partial charge >= 0.3 is 0 Å². The molecule has 5 rings (SSSR count). The van der Waals surface area contributed by atoms with Gasteiger partial charge in [0.1, 0.15) is 17.3 Å². The molecule has 0 atom stereocenters. The second-order valence-corrected chi connectivity index (χ2v) is 6.73. The molecule has 0 spiro atoms. The number of rotatable bonds is 5. The summed E-state index contributed by atoms with van der Waals surface area (Å²) in [7, 11) is 0. The monoisotopic (exact) mass is 348 g/mol. The molecule has 1 saturated carbocycles. The standard InChI is InChI=1S/C19H17FN6/c20-15-6-2-1-4-13(15)11-26-19-14(5-3-9-21-19)17(25-26)18-22-16(23-24-18)10-12-7-8-12/h1-6,9,12H,7-8,10-11H2,(H,22,23,24). The van der Waals surface area contributed by atoms with Crippen LogP contribution in [0, 0.1) is 11.7 Å². The molecular weight excluding hydrogens is 331 g/mol. The third kappa shape index (κ3) is 2.75. The van der Waals surface area contributed by atoms with Crippen LogP contribution in [0.2, 0.25) is 0 Å². The minimum Gasteiger partial charge on any atom is -0.263 e. The van der Waals surface area contributed by atoms with Crippen molar-refractivity contribution < 1.29 is 4.39 Å². The summed E-state index contributed by atoms with van der Waals surface area (Å²) in [6.45, 7) is 0.305. The first-order valence-electron chi connectivity index (χ1n) is 8.74. The molecular formula is C19H17FN6. The number of pyridine rings is 1. The Morgan fingerprint density at radius 1 is 1.15 bits per heavy atom. The number of benzene rings is 1. The van der Waals surface area contributed by atoms with Crippen molar-refractivity contribution in [1.82, 2.24) is 29.9 Å². The van der Waals surface area contributed by atoms with Gasteiger partial charge in [-0.3, -0.25) is 5.10 Å². The van der Waals surface area contributed by atoms with Crippen molar-refractivity contribution in [2.75, 3.05) is 0 Å². The first kappa shape index (κ1) is 15.2. The van der Waals surface area contributed by atoms with E-state index in [0.29, 0.717) is 29.3 Å². The molecule has 1 aliphatic carbocycles. The number of aromatic nitrogens is 6. The summed E-state index contributed by atoms with van der Waals surface area (Å²) in [6, 6.07) is 10.5. The summed E-state index contributed by atoms with van der Waals surface area (Å²) in [6.07, 6.45) is 5.17. The van der Waals surface area contributed by atoms with Gasteiger partial charge in [0.2, 0.25) is 5.82 Å². The molecule has 1 aromatic carbocycles. The fourth-order valence-electron chi connectivity index (χ4n) is 3.16. The zero-order valence-corrected chi connectivity index (χ0v) is 14.1. The highest BCUT2D eigenvalue weighted by molar-refractivity contribution is 5.89. The molecule has 0 aliphatic heterocycles. The number of aromatic amines is 1. The lowest BCUT2D eigenvalue weighted by atomic mass is 10.2. The number of hydrogen-bond donors (Lipinski definition) is 1. The summed E-state index contributed by atoms with van der Waals surface area (Å²) < 4.78 is 15.8. The van der Waals surface area contributed by atoms with Crippen LogP contribution in [0.3, 0.4) is 0 Å². The van der Waals surface area contributed by atoms with Crippen molar-refractivity contribution >= 4 is 11.0 Å². The van der Waals surface area contributed by atoms with Crippen LogP contribution < -0.4 is 0 Å². The van der Waals surface area contributed by atoms with Crippen molar-refractivity contribution in [2.24, 2.45) is 5.92 Å². The SMILES string of the molecule is Fc1ccccc1Cn1nc(-c2n[nH]c(CC3CC3)n2)c2cccnc21. The number of nitrogens with zero attached hydrogens (tertiary/aromatic N) is 5. The molecule has 0 amide bonds. The van der Waals surface area contributed by atoms with E-state index < -0.39 is 0 Å². The van der Waals surface area contributed by atoms with Crippen molar-refractivity contribution in [3.05, 3.63) is 59.8 Å². The van der Waals surface area contributed by atoms with Crippen LogP contribution in [0.15, 0.2) is 42.6 Å². The Kier molecular flexibility index (Phi) is 3.51. The van der Waals surface area contributed by atoms with E-state index in [1.807, 2.05) is 18.2 Å². The highest BCUT2D eigenvalue weighted by Crippen LogP contribution is 2.32. The Morgan fingerprint density at radius 3 is 2.88 bits per heavy atom. The summed E-state index contributed by atoms with van der Waals surface area (Å²) in [5.41, 5.74) is 1.93. The van der Waals surface area contributed by atoms with Gasteiger partial charge in [-0.1, -0.05) is 18.2 Å². The molecule has 7 heteroatoms. The minimum absolute atomic E-state index is 0.252. The molecule has 0 bridgehead atoms. The first-order chi connectivity index (χ1) is 12.8. The maximum atomic E-state index is 14.0. The second kappa shape index (κ2) is 6.01. The summed E-state index contributed by atoms with van der Waals surface area (Å²) >= 11 is 0. The van der Waals surface area contributed by atoms with Crippen LogP contribution in [0.25, 0.3) is 22.6 Å². The molecule has 4 aromatic rings. The summed E-state index contributed by atoms with van der Waals surface area (Å²) in [5.74, 6) is 1.93. The van der Waals surface area contributed by atoms with Crippen molar-refractivity contribution in [1.29, 1.82) is 0 Å². The van der Waals surface area contributed by atoms with E-state index in [2.05, 4.69) is 25.3 Å². The lowest BCUT2D eigenvalue weighted by Crippen LogP contribution is -2.04. The molecule has 3 aromatic heterocycles. The molecule has 6 nitrogen and oxygen atoms in total. The first-order valence-corrected chi connectivity index (χ1v) is 8.74. The van der Waals surface area contributed by atoms with Crippen molar-refractivity contribution in [3.8, 4) is 11.5 Å². The van der Waals surface area contributed by atoms with Gasteiger partial charge < -0.3 is 0 Å². The third-order valence-electron chi connectivity index (χ3n) is 4.71. The van der Waals surface area contributed by atoms with E-state index in [4.69, 9.17) is 0 Å². The predicted octanol–water partition coefficient (Wildman–Crippen LogP) is 3.36. The fourth-order valence-corrected chi connectivity index (χ4v) is 3.16. The van der Waals surface area contributed by atoms with Crippen LogP contribution in [-0.4, -0.2) is 29.9 Å². The van der Waals surface area contributed by atoms with Gasteiger partial charge in [0.05, 0.1) is 11.9 Å². The molecule has 0 radical (unpaired) electrons. The second-order valence-electron chi connectivity index (χ2n) is 6.73. The Bertz CT molecular complexity index is 1080. The lowest BCUT2D eigenvalue weighted by Gasteiger charge is -2.04. The van der Waals surface area contributed by atoms with Crippen molar-refractivity contribution in [3.63, 3.8) is 0 Å². The summed E-state index contributed by atoms with van der Waals surface area (Å²) in [5, 5.41) is 12.9. The molecule has 26 heavy (non-hydrogen) atoms. The number of H-pyrrole nitrogens is 1. The highest BCUT2D eigenvalue weighted by Gasteiger charge is 2.24. The third-order valence-corrected chi connectivity index (χ3v) is 4.71. The van der Waals surface area contributed by atoms with Crippen LogP contribution in [0.5, 0.6) is 0 Å². The van der Waals surface area contributed by atoms with E-state index in [-0.39, 0.29) is 5.82 Å². The largest absolute Gasteiger partial charge is 0.263 e. The predicted molar refractivity (Wildman–Crippen MR) is 94.8 cm³/mol. The smallest absolute Gasteiger partial charge is 0.202 e. The lowest BCUT2D eigenvalue weighted by molar-refractivity contribution is 0.589. The van der Waals surface area contributed by atoms with Gasteiger partial charge in [-0.25, -0.2) is 19.0 Å². The number of nitrogens with one attached hydrogen (secondary N) is 1. The van der Waals surface area contributed by atoms with Crippen LogP contribution in [0.4, 0.5) is 4.39 Å². The summed E-state index contributed by atoms with van der Waals surface area (Å²) in [4.78, 5) is 9.03. The maximum absolute atomic E-state index is 14.0. The molecule has 1 aliphatic rings. The normalized spacial score (nSPS) is 14.2. The topological polar surface area (TPSA) is 72.3 Å². The molecule has 3 heterocycles. The van der Waals surface area contributed by atoms with Gasteiger partial charge in [-0.15, -0.1) is 0 Å². The van der Waals surface area contributed by atoms with E-state index in [0.717, 1.165) is 23.5 Å². The van der Waals surface area contributed by atoms with Gasteiger partial charge in [0.25, 0.3) is 0 Å². The van der Waals surface area contributed by atoms with Gasteiger partial charge in [-0.2, -0.15) is 10.2 Å². The Morgan fingerprint density at radius 2 is 2.04 bits per heavy atom. The van der Waals surface area contributed by atoms with Gasteiger partial charge in [-0.05, 0) is 37.0 Å². The van der Waals surface area contributed by atoms with E-state index >= 15 is 0 Å². The number of hydrogen-bond acceptors (Lipinski definition) is 4. The Hall–Kier alpha value is -3.09. The average molecular weight is 348 g/mol. The van der Waals surface area contributed by atoms with Crippen molar-refractivity contribution in [2.45, 2.75) is 25.8 Å². The molecule has 0 saturated heterocycles. The maximum Gasteiger partial charge on any atom is 0.202 e. The van der Waals surface area contributed by atoms with E-state index in [9.17, 15) is 4.39 Å². The Balaban J connectivity index is 1.56. The quantitative estimate of drug-likeness (QED) is 0.600. The highest BCUT2D eigenvalue weighted by atomic mass is 19.1. The van der Waals surface area contributed by atoms with Gasteiger partial charge in [0.15, 0.2) is 5.65 Å². The zero-order valence-electron chi connectivity index (χ0n) is 14.1. The van der Waals surface area contributed by atoms with Gasteiger partial charge in [0, 0.05) is 18.2 Å². The zero-order chi connectivity index (χ0) is 17.5. The van der Waals surface area contributed by atoms with Crippen LogP contribution >= 0.6 is 0 Å². The molecule has 0 unspecified atom stereocenters. The van der Waals surface area contributed by atoms with Crippen LogP contribution in [0.1, 0.15) is 24.2 Å². The minimum atomic E-state index is -0.252. The molecule has 1 fully saturated rings. The Labute approximate surface area is 149 Å². The van der Waals surface area contributed by atoms with E-state index in [1.54, 1.807) is 23.0 Å². The number of halogens is 1. The molecule has 1 N–H and O–H groups in total. The van der Waals surface area contributed by atoms with E-state index in [1.165, 1.54) is 18.9 Å².